The van der Waals surface area contributed by atoms with E-state index in [4.69, 9.17) is 10.5 Å². The number of hydrogen-bond acceptors (Lipinski definition) is 5. The minimum Gasteiger partial charge on any atom is -0.454 e. The van der Waals surface area contributed by atoms with E-state index in [1.54, 1.807) is 49.1 Å². The molecule has 0 saturated heterocycles. The van der Waals surface area contributed by atoms with E-state index in [1.807, 2.05) is 30.3 Å². The highest BCUT2D eigenvalue weighted by Crippen LogP contribution is 2.19. The number of H-pyrrole nitrogens is 1. The van der Waals surface area contributed by atoms with Crippen molar-refractivity contribution in [3.05, 3.63) is 82.4 Å². The first-order valence-electron chi connectivity index (χ1n) is 11.2. The van der Waals surface area contributed by atoms with Gasteiger partial charge in [-0.05, 0) is 30.7 Å². The summed E-state index contributed by atoms with van der Waals surface area (Å²) in [7, 11) is 1.70. The molecule has 11 nitrogen and oxygen atoms in total. The average Bonchev–Trinajstić information content (AvgIpc) is 3.36. The van der Waals surface area contributed by atoms with Gasteiger partial charge in [0.05, 0.1) is 11.4 Å². The quantitative estimate of drug-likeness (QED) is 0.277. The molecule has 2 aromatic carbocycles. The third-order valence-electron chi connectivity index (χ3n) is 5.86. The molecule has 0 bridgehead atoms. The minimum atomic E-state index is -1.11. The molecule has 0 radical (unpaired) electrons. The number of urea groups is 1. The van der Waals surface area contributed by atoms with Crippen molar-refractivity contribution in [3.8, 4) is 5.69 Å². The van der Waals surface area contributed by atoms with Crippen LogP contribution >= 0.6 is 0 Å². The van der Waals surface area contributed by atoms with E-state index >= 15 is 0 Å². The second kappa shape index (κ2) is 10.2. The number of nitrogens with two attached hydrogens (primary N) is 1. The van der Waals surface area contributed by atoms with Gasteiger partial charge in [0.2, 0.25) is 0 Å². The number of carbonyl (C=O) groups excluding carboxylic acids is 3. The Kier molecular flexibility index (Phi) is 6.91. The average molecular weight is 491 g/mol. The van der Waals surface area contributed by atoms with E-state index in [-0.39, 0.29) is 12.1 Å². The zero-order chi connectivity index (χ0) is 25.8. The van der Waals surface area contributed by atoms with Crippen LogP contribution in [-0.4, -0.2) is 44.9 Å². The van der Waals surface area contributed by atoms with Crippen LogP contribution in [0.3, 0.4) is 0 Å². The zero-order valence-electron chi connectivity index (χ0n) is 19.8. The van der Waals surface area contributed by atoms with Gasteiger partial charge in [0.1, 0.15) is 11.7 Å². The highest BCUT2D eigenvalue weighted by atomic mass is 16.5. The van der Waals surface area contributed by atoms with Crippen molar-refractivity contribution in [3.63, 3.8) is 0 Å². The normalized spacial score (nSPS) is 11.7. The SMILES string of the molecule is Cc1c(NC(=O)COC(=O)[C@H](Cc2c[nH]c3ccccc23)NC(N)=O)c(=O)n(-c2ccccc2)n1C. The third-order valence-corrected chi connectivity index (χ3v) is 5.86. The van der Waals surface area contributed by atoms with Gasteiger partial charge in [0, 0.05) is 30.6 Å². The number of aromatic nitrogens is 3. The van der Waals surface area contributed by atoms with Crippen LogP contribution in [0, 0.1) is 6.92 Å². The van der Waals surface area contributed by atoms with Crippen molar-refractivity contribution in [2.24, 2.45) is 12.8 Å². The van der Waals surface area contributed by atoms with Gasteiger partial charge in [0.25, 0.3) is 11.5 Å². The predicted octanol–water partition coefficient (Wildman–Crippen LogP) is 1.73. The lowest BCUT2D eigenvalue weighted by Gasteiger charge is -2.16. The molecule has 3 amide bonds. The third kappa shape index (κ3) is 4.99. The molecule has 186 valence electrons. The molecule has 4 rings (SSSR count). The Bertz CT molecular complexity index is 1480. The van der Waals surface area contributed by atoms with Gasteiger partial charge >= 0.3 is 12.0 Å². The van der Waals surface area contributed by atoms with Gasteiger partial charge in [-0.3, -0.25) is 14.3 Å². The summed E-state index contributed by atoms with van der Waals surface area (Å²) in [6, 6.07) is 14.5. The number of para-hydroxylation sites is 2. The number of rotatable bonds is 8. The molecule has 0 fully saturated rings. The van der Waals surface area contributed by atoms with Crippen LogP contribution in [0.5, 0.6) is 0 Å². The Balaban J connectivity index is 1.44. The number of esters is 1. The van der Waals surface area contributed by atoms with Gasteiger partial charge < -0.3 is 26.1 Å². The fourth-order valence-corrected chi connectivity index (χ4v) is 4.01. The lowest BCUT2D eigenvalue weighted by molar-refractivity contribution is -0.149. The largest absolute Gasteiger partial charge is 0.454 e. The first-order valence-corrected chi connectivity index (χ1v) is 11.2. The Morgan fingerprint density at radius 1 is 1.08 bits per heavy atom. The van der Waals surface area contributed by atoms with Crippen molar-refractivity contribution < 1.29 is 19.1 Å². The molecule has 1 atom stereocenters. The lowest BCUT2D eigenvalue weighted by Crippen LogP contribution is -2.46. The number of aromatic amines is 1. The number of hydrogen-bond donors (Lipinski definition) is 4. The molecule has 36 heavy (non-hydrogen) atoms. The van der Waals surface area contributed by atoms with Gasteiger partial charge in [-0.15, -0.1) is 0 Å². The van der Waals surface area contributed by atoms with Crippen LogP contribution in [0.1, 0.15) is 11.3 Å². The summed E-state index contributed by atoms with van der Waals surface area (Å²) < 4.78 is 8.19. The number of primary amides is 1. The van der Waals surface area contributed by atoms with Crippen molar-refractivity contribution in [1.29, 1.82) is 0 Å². The van der Waals surface area contributed by atoms with Gasteiger partial charge in [-0.1, -0.05) is 36.4 Å². The van der Waals surface area contributed by atoms with Crippen molar-refractivity contribution in [2.45, 2.75) is 19.4 Å². The summed E-state index contributed by atoms with van der Waals surface area (Å²) in [5.74, 6) is -1.53. The molecule has 2 aromatic heterocycles. The number of fused-ring (bicyclic) bond motifs is 1. The molecule has 0 aliphatic rings. The molecule has 11 heteroatoms. The lowest BCUT2D eigenvalue weighted by atomic mass is 10.1. The second-order valence-electron chi connectivity index (χ2n) is 8.22. The molecule has 0 aliphatic carbocycles. The summed E-state index contributed by atoms with van der Waals surface area (Å²) in [6.45, 7) is 1.04. The van der Waals surface area contributed by atoms with Crippen LogP contribution in [0.25, 0.3) is 16.6 Å². The van der Waals surface area contributed by atoms with Crippen molar-refractivity contribution >= 4 is 34.5 Å². The van der Waals surface area contributed by atoms with E-state index in [0.29, 0.717) is 11.4 Å². The highest BCUT2D eigenvalue weighted by Gasteiger charge is 2.25. The number of benzene rings is 2. The van der Waals surface area contributed by atoms with Crippen LogP contribution in [0.15, 0.2) is 65.6 Å². The van der Waals surface area contributed by atoms with E-state index < -0.39 is 36.1 Å². The van der Waals surface area contributed by atoms with E-state index in [9.17, 15) is 19.2 Å². The zero-order valence-corrected chi connectivity index (χ0v) is 19.8. The fraction of sp³-hybridized carbons (Fsp3) is 0.200. The molecular formula is C25H26N6O5. The Labute approximate surface area is 205 Å². The number of carbonyl (C=O) groups is 3. The summed E-state index contributed by atoms with van der Waals surface area (Å²) in [5, 5.41) is 5.78. The fourth-order valence-electron chi connectivity index (χ4n) is 4.01. The van der Waals surface area contributed by atoms with E-state index in [1.165, 1.54) is 4.68 Å². The molecular weight excluding hydrogens is 464 g/mol. The van der Waals surface area contributed by atoms with Crippen LogP contribution in [-0.2, 0) is 27.8 Å². The highest BCUT2D eigenvalue weighted by molar-refractivity contribution is 5.94. The number of amides is 3. The van der Waals surface area contributed by atoms with Crippen molar-refractivity contribution in [1.82, 2.24) is 19.7 Å². The van der Waals surface area contributed by atoms with Gasteiger partial charge in [0.15, 0.2) is 6.61 Å². The molecule has 0 saturated carbocycles. The summed E-state index contributed by atoms with van der Waals surface area (Å²) in [5.41, 5.74) is 7.70. The number of nitrogens with zero attached hydrogens (tertiary/aromatic N) is 2. The number of ether oxygens (including phenoxy) is 1. The van der Waals surface area contributed by atoms with Gasteiger partial charge in [-0.2, -0.15) is 0 Å². The smallest absolute Gasteiger partial charge is 0.329 e. The topological polar surface area (TPSA) is 153 Å². The number of nitrogens with one attached hydrogen (secondary N) is 3. The van der Waals surface area contributed by atoms with Gasteiger partial charge in [-0.25, -0.2) is 14.3 Å². The maximum Gasteiger partial charge on any atom is 0.329 e. The molecule has 5 N–H and O–H groups in total. The maximum atomic E-state index is 13.0. The van der Waals surface area contributed by atoms with E-state index in [0.717, 1.165) is 16.5 Å². The minimum absolute atomic E-state index is 0.0769. The molecule has 2 heterocycles. The first-order chi connectivity index (χ1) is 17.3. The number of anilines is 1. The Hall–Kier alpha value is -4.80. The summed E-state index contributed by atoms with van der Waals surface area (Å²) in [6.07, 6.45) is 1.84. The van der Waals surface area contributed by atoms with Crippen LogP contribution in [0.4, 0.5) is 10.5 Å². The van der Waals surface area contributed by atoms with Crippen LogP contribution < -0.4 is 21.9 Å². The molecule has 0 aliphatic heterocycles. The molecule has 0 unspecified atom stereocenters. The second-order valence-corrected chi connectivity index (χ2v) is 8.22. The van der Waals surface area contributed by atoms with Crippen molar-refractivity contribution in [2.75, 3.05) is 11.9 Å². The molecule has 4 aromatic rings. The monoisotopic (exact) mass is 490 g/mol. The summed E-state index contributed by atoms with van der Waals surface area (Å²) in [4.78, 5) is 52.8. The maximum absolute atomic E-state index is 13.0. The Morgan fingerprint density at radius 2 is 1.78 bits per heavy atom. The van der Waals surface area contributed by atoms with E-state index in [2.05, 4.69) is 15.6 Å². The first kappa shape index (κ1) is 24.3. The summed E-state index contributed by atoms with van der Waals surface area (Å²) >= 11 is 0. The Morgan fingerprint density at radius 3 is 2.50 bits per heavy atom. The van der Waals surface area contributed by atoms with Crippen LogP contribution in [0.2, 0.25) is 0 Å². The standard InChI is InChI=1S/C25H26N6O5/c1-15-22(23(33)31(30(15)2)17-8-4-3-5-9-17)29-21(32)14-36-24(34)20(28-25(26)35)12-16-13-27-19-11-7-6-10-18(16)19/h3-11,13,20,27H,12,14H2,1-2H3,(H,29,32)(H3,26,28,35)/t20-/m0/s1. The molecule has 0 spiro atoms. The predicted molar refractivity (Wildman–Crippen MR) is 134 cm³/mol.